The van der Waals surface area contributed by atoms with Crippen LogP contribution in [0.3, 0.4) is 0 Å². The summed E-state index contributed by atoms with van der Waals surface area (Å²) >= 11 is 3.29. The molecule has 0 atom stereocenters. The van der Waals surface area contributed by atoms with E-state index < -0.39 is 0 Å². The molecule has 0 saturated carbocycles. The van der Waals surface area contributed by atoms with E-state index in [1.165, 1.54) is 0 Å². The molecule has 1 heterocycles. The fourth-order valence-corrected chi connectivity index (χ4v) is 1.86. The van der Waals surface area contributed by atoms with Crippen LogP contribution in [-0.2, 0) is 0 Å². The molecule has 0 spiro atoms. The number of ether oxygens (including phenoxy) is 3. The van der Waals surface area contributed by atoms with Crippen LogP contribution < -0.4 is 19.5 Å². The molecular weight excluding hydrogens is 432 g/mol. The van der Waals surface area contributed by atoms with Crippen molar-refractivity contribution in [3.63, 3.8) is 0 Å². The molecule has 0 fully saturated rings. The zero-order valence-electron chi connectivity index (χ0n) is 12.5. The second-order valence-corrected chi connectivity index (χ2v) is 4.68. The fraction of sp³-hybridized carbons (Fsp3) is 0.231. The quantitative estimate of drug-likeness (QED) is 0.735. The number of benzene rings is 1. The third-order valence-electron chi connectivity index (χ3n) is 2.54. The van der Waals surface area contributed by atoms with Gasteiger partial charge in [-0.3, -0.25) is 0 Å². The van der Waals surface area contributed by atoms with Gasteiger partial charge in [-0.2, -0.15) is 0 Å². The minimum atomic E-state index is 0. The summed E-state index contributed by atoms with van der Waals surface area (Å²) < 4.78 is 16.6. The largest absolute Gasteiger partial charge is 0.493 e. The van der Waals surface area contributed by atoms with E-state index in [9.17, 15) is 0 Å². The van der Waals surface area contributed by atoms with E-state index in [4.69, 9.17) is 14.2 Å². The van der Waals surface area contributed by atoms with Crippen LogP contribution in [0.1, 0.15) is 0 Å². The van der Waals surface area contributed by atoms with E-state index in [0.717, 1.165) is 10.2 Å². The lowest BCUT2D eigenvalue weighted by atomic mass is 10.2. The summed E-state index contributed by atoms with van der Waals surface area (Å²) in [5.74, 6) is 2.14. The van der Waals surface area contributed by atoms with E-state index in [1.807, 2.05) is 0 Å². The Morgan fingerprint density at radius 1 is 0.870 bits per heavy atom. The van der Waals surface area contributed by atoms with Gasteiger partial charge in [-0.1, -0.05) is 0 Å². The molecule has 23 heavy (non-hydrogen) atoms. The first kappa shape index (κ1) is 24.1. The molecule has 0 radical (unpaired) electrons. The smallest absolute Gasteiger partial charge is 0.227 e. The number of nitrogens with one attached hydrogen (secondary N) is 1. The highest BCUT2D eigenvalue weighted by Crippen LogP contribution is 2.40. The summed E-state index contributed by atoms with van der Waals surface area (Å²) in [6.45, 7) is 0. The molecule has 0 saturated heterocycles. The maximum atomic E-state index is 5.28. The zero-order valence-corrected chi connectivity index (χ0v) is 16.6. The second-order valence-electron chi connectivity index (χ2n) is 3.76. The van der Waals surface area contributed by atoms with Gasteiger partial charge >= 0.3 is 0 Å². The number of hydrogen-bond acceptors (Lipinski definition) is 6. The zero-order chi connectivity index (χ0) is 14.5. The Morgan fingerprint density at radius 3 is 1.74 bits per heavy atom. The van der Waals surface area contributed by atoms with Gasteiger partial charge in [-0.25, -0.2) is 9.97 Å². The van der Waals surface area contributed by atoms with Crippen molar-refractivity contribution in [3.8, 4) is 17.2 Å². The van der Waals surface area contributed by atoms with Crippen LogP contribution in [0, 0.1) is 0 Å². The Hall–Kier alpha value is -1.15. The van der Waals surface area contributed by atoms with Crippen molar-refractivity contribution in [3.05, 3.63) is 29.0 Å². The summed E-state index contributed by atoms with van der Waals surface area (Å²) in [7, 11) is 4.69. The van der Waals surface area contributed by atoms with Crippen LogP contribution in [0.15, 0.2) is 29.0 Å². The van der Waals surface area contributed by atoms with E-state index in [-0.39, 0.29) is 37.2 Å². The first-order valence-electron chi connectivity index (χ1n) is 5.72. The molecule has 2 rings (SSSR count). The van der Waals surface area contributed by atoms with Crippen LogP contribution in [0.5, 0.6) is 17.2 Å². The highest BCUT2D eigenvalue weighted by molar-refractivity contribution is 9.10. The number of hydrogen-bond donors (Lipinski definition) is 1. The fourth-order valence-electron chi connectivity index (χ4n) is 1.66. The Labute approximate surface area is 161 Å². The summed E-state index contributed by atoms with van der Waals surface area (Å²) in [5, 5.41) is 3.07. The van der Waals surface area contributed by atoms with Gasteiger partial charge in [-0.05, 0) is 15.9 Å². The van der Waals surface area contributed by atoms with Crippen molar-refractivity contribution in [2.24, 2.45) is 0 Å². The van der Waals surface area contributed by atoms with E-state index in [0.29, 0.717) is 23.2 Å². The SMILES string of the molecule is COc1cc(Nc2ncc(Br)cn2)cc(OC)c1OC.Cl.Cl.Cl. The third kappa shape index (κ3) is 6.10. The van der Waals surface area contributed by atoms with Crippen molar-refractivity contribution in [1.29, 1.82) is 0 Å². The summed E-state index contributed by atoms with van der Waals surface area (Å²) in [4.78, 5) is 8.29. The van der Waals surface area contributed by atoms with Crippen molar-refractivity contribution < 1.29 is 14.2 Å². The minimum absolute atomic E-state index is 0. The van der Waals surface area contributed by atoms with Gasteiger partial charge < -0.3 is 19.5 Å². The number of nitrogens with zero attached hydrogens (tertiary/aromatic N) is 2. The van der Waals surface area contributed by atoms with E-state index in [2.05, 4.69) is 31.2 Å². The van der Waals surface area contributed by atoms with Crippen LogP contribution in [-0.4, -0.2) is 31.3 Å². The molecule has 1 aromatic heterocycles. The normalized spacial score (nSPS) is 8.70. The monoisotopic (exact) mass is 447 g/mol. The van der Waals surface area contributed by atoms with Crippen LogP contribution in [0.4, 0.5) is 11.6 Å². The second kappa shape index (κ2) is 11.4. The first-order valence-corrected chi connectivity index (χ1v) is 6.51. The number of methoxy groups -OCH3 is 3. The molecule has 0 aliphatic heterocycles. The molecule has 0 bridgehead atoms. The molecule has 0 amide bonds. The van der Waals surface area contributed by atoms with Crippen LogP contribution >= 0.6 is 53.2 Å². The van der Waals surface area contributed by atoms with Crippen molar-refractivity contribution >= 4 is 64.8 Å². The highest BCUT2D eigenvalue weighted by atomic mass is 79.9. The molecular formula is C13H17BrCl3N3O3. The topological polar surface area (TPSA) is 65.5 Å². The van der Waals surface area contributed by atoms with Crippen molar-refractivity contribution in [2.75, 3.05) is 26.6 Å². The standard InChI is InChI=1S/C13H14BrN3O3.3ClH/c1-18-10-4-9(5-11(19-2)12(10)20-3)17-13-15-6-8(14)7-16-13;;;/h4-7H,1-3H3,(H,15,16,17);3*1H. The lowest BCUT2D eigenvalue weighted by Crippen LogP contribution is -2.00. The number of anilines is 2. The molecule has 10 heteroatoms. The molecule has 1 aromatic carbocycles. The molecule has 130 valence electrons. The number of halogens is 4. The van der Waals surface area contributed by atoms with Gasteiger partial charge in [0.05, 0.1) is 25.8 Å². The number of aromatic nitrogens is 2. The van der Waals surface area contributed by atoms with Gasteiger partial charge in [0.2, 0.25) is 11.7 Å². The lowest BCUT2D eigenvalue weighted by molar-refractivity contribution is 0.324. The van der Waals surface area contributed by atoms with Crippen LogP contribution in [0.2, 0.25) is 0 Å². The first-order chi connectivity index (χ1) is 9.67. The molecule has 6 nitrogen and oxygen atoms in total. The van der Waals surface area contributed by atoms with Gasteiger partial charge in [0.15, 0.2) is 11.5 Å². The Bertz CT molecular complexity index is 578. The minimum Gasteiger partial charge on any atom is -0.493 e. The van der Waals surface area contributed by atoms with Gasteiger partial charge in [0, 0.05) is 30.2 Å². The predicted octanol–water partition coefficient (Wildman–Crippen LogP) is 4.27. The Balaban J connectivity index is 0. The van der Waals surface area contributed by atoms with Crippen molar-refractivity contribution in [1.82, 2.24) is 9.97 Å². The van der Waals surface area contributed by atoms with Gasteiger partial charge in [0.1, 0.15) is 0 Å². The maximum absolute atomic E-state index is 5.28. The lowest BCUT2D eigenvalue weighted by Gasteiger charge is -2.14. The number of rotatable bonds is 5. The average molecular weight is 450 g/mol. The molecule has 0 unspecified atom stereocenters. The molecule has 0 aliphatic rings. The van der Waals surface area contributed by atoms with E-state index in [1.54, 1.807) is 45.9 Å². The summed E-state index contributed by atoms with van der Waals surface area (Å²) in [5.41, 5.74) is 0.738. The van der Waals surface area contributed by atoms with Crippen molar-refractivity contribution in [2.45, 2.75) is 0 Å². The predicted molar refractivity (Wildman–Crippen MR) is 101 cm³/mol. The van der Waals surface area contributed by atoms with Crippen LogP contribution in [0.25, 0.3) is 0 Å². The highest BCUT2D eigenvalue weighted by Gasteiger charge is 2.13. The Kier molecular flexibility index (Phi) is 11.9. The molecule has 1 N–H and O–H groups in total. The van der Waals surface area contributed by atoms with Gasteiger partial charge in [-0.15, -0.1) is 37.2 Å². The summed E-state index contributed by atoms with van der Waals surface area (Å²) in [6.07, 6.45) is 3.32. The maximum Gasteiger partial charge on any atom is 0.227 e. The summed E-state index contributed by atoms with van der Waals surface area (Å²) in [6, 6.07) is 3.57. The third-order valence-corrected chi connectivity index (χ3v) is 2.95. The van der Waals surface area contributed by atoms with E-state index >= 15 is 0 Å². The molecule has 0 aliphatic carbocycles. The Morgan fingerprint density at radius 2 is 1.35 bits per heavy atom. The molecule has 2 aromatic rings. The van der Waals surface area contributed by atoms with Gasteiger partial charge in [0.25, 0.3) is 0 Å². The average Bonchev–Trinajstić information content (AvgIpc) is 2.48.